The Morgan fingerprint density at radius 2 is 1.77 bits per heavy atom. The first-order valence-electron chi connectivity index (χ1n) is 13.7. The number of hydrogen-bond acceptors (Lipinski definition) is 6. The van der Waals surface area contributed by atoms with Gasteiger partial charge in [-0.05, 0) is 83.5 Å². The van der Waals surface area contributed by atoms with E-state index < -0.39 is 0 Å². The number of nitrogens with one attached hydrogen (secondary N) is 1. The van der Waals surface area contributed by atoms with Gasteiger partial charge in [-0.25, -0.2) is 4.68 Å². The molecular formula is C32H36N6O2. The van der Waals surface area contributed by atoms with Crippen molar-refractivity contribution in [3.05, 3.63) is 117 Å². The van der Waals surface area contributed by atoms with Gasteiger partial charge in [0.15, 0.2) is 5.82 Å². The van der Waals surface area contributed by atoms with E-state index in [2.05, 4.69) is 75.7 Å². The number of aromatic nitrogens is 5. The number of methoxy groups -OCH3 is 1. The number of fused-ring (bicyclic) bond motifs is 1. The second-order valence-electron chi connectivity index (χ2n) is 10.3. The van der Waals surface area contributed by atoms with E-state index in [1.807, 2.05) is 48.0 Å². The first-order valence-corrected chi connectivity index (χ1v) is 13.7. The highest BCUT2D eigenvalue weighted by Gasteiger charge is 2.26. The van der Waals surface area contributed by atoms with Gasteiger partial charge in [-0.2, -0.15) is 0 Å². The molecule has 2 heterocycles. The van der Waals surface area contributed by atoms with Crippen LogP contribution in [-0.4, -0.2) is 43.7 Å². The molecule has 40 heavy (non-hydrogen) atoms. The van der Waals surface area contributed by atoms with E-state index in [-0.39, 0.29) is 11.6 Å². The van der Waals surface area contributed by atoms with Crippen LogP contribution in [-0.2, 0) is 19.5 Å². The van der Waals surface area contributed by atoms with Gasteiger partial charge in [0, 0.05) is 18.7 Å². The van der Waals surface area contributed by atoms with Crippen molar-refractivity contribution >= 4 is 10.9 Å². The summed E-state index contributed by atoms with van der Waals surface area (Å²) in [5, 5.41) is 13.9. The summed E-state index contributed by atoms with van der Waals surface area (Å²) in [6, 6.07) is 24.6. The van der Waals surface area contributed by atoms with E-state index >= 15 is 0 Å². The quantitative estimate of drug-likeness (QED) is 0.244. The summed E-state index contributed by atoms with van der Waals surface area (Å²) in [7, 11) is 1.66. The molecule has 1 atom stereocenters. The molecular weight excluding hydrogens is 500 g/mol. The van der Waals surface area contributed by atoms with Crippen molar-refractivity contribution in [2.24, 2.45) is 0 Å². The number of aromatic amines is 1. The third-order valence-electron chi connectivity index (χ3n) is 7.45. The van der Waals surface area contributed by atoms with E-state index in [1.54, 1.807) is 7.11 Å². The highest BCUT2D eigenvalue weighted by molar-refractivity contribution is 5.82. The van der Waals surface area contributed by atoms with Crippen molar-refractivity contribution in [1.82, 2.24) is 30.1 Å². The minimum absolute atomic E-state index is 0.0585. The van der Waals surface area contributed by atoms with Crippen molar-refractivity contribution in [1.29, 1.82) is 0 Å². The number of aryl methyl sites for hydroxylation is 2. The van der Waals surface area contributed by atoms with Gasteiger partial charge >= 0.3 is 0 Å². The average Bonchev–Trinajstić information content (AvgIpc) is 3.41. The number of benzene rings is 3. The number of rotatable bonds is 11. The summed E-state index contributed by atoms with van der Waals surface area (Å²) in [4.78, 5) is 18.8. The lowest BCUT2D eigenvalue weighted by molar-refractivity contribution is 0.172. The predicted molar refractivity (Wildman–Crippen MR) is 158 cm³/mol. The van der Waals surface area contributed by atoms with E-state index in [4.69, 9.17) is 4.74 Å². The number of pyridine rings is 1. The molecule has 3 aromatic carbocycles. The molecule has 0 fully saturated rings. The molecule has 0 bridgehead atoms. The van der Waals surface area contributed by atoms with E-state index in [0.29, 0.717) is 13.1 Å². The Morgan fingerprint density at radius 3 is 2.50 bits per heavy atom. The van der Waals surface area contributed by atoms with Crippen molar-refractivity contribution < 1.29 is 4.74 Å². The van der Waals surface area contributed by atoms with Crippen molar-refractivity contribution in [2.75, 3.05) is 13.7 Å². The minimum Gasteiger partial charge on any atom is -0.497 e. The van der Waals surface area contributed by atoms with Gasteiger partial charge in [0.1, 0.15) is 5.75 Å². The molecule has 0 aliphatic rings. The van der Waals surface area contributed by atoms with Gasteiger partial charge in [0.2, 0.25) is 0 Å². The highest BCUT2D eigenvalue weighted by Crippen LogP contribution is 2.26. The molecule has 206 valence electrons. The smallest absolute Gasteiger partial charge is 0.252 e. The van der Waals surface area contributed by atoms with Crippen LogP contribution in [0.25, 0.3) is 10.9 Å². The second kappa shape index (κ2) is 12.3. The van der Waals surface area contributed by atoms with Gasteiger partial charge < -0.3 is 9.72 Å². The predicted octanol–water partition coefficient (Wildman–Crippen LogP) is 5.38. The molecule has 0 saturated carbocycles. The second-order valence-corrected chi connectivity index (χ2v) is 10.3. The largest absolute Gasteiger partial charge is 0.497 e. The topological polar surface area (TPSA) is 88.9 Å². The highest BCUT2D eigenvalue weighted by atomic mass is 16.5. The molecule has 2 aromatic heterocycles. The molecule has 1 unspecified atom stereocenters. The molecule has 0 amide bonds. The molecule has 1 N–H and O–H groups in total. The van der Waals surface area contributed by atoms with Crippen LogP contribution in [0.4, 0.5) is 0 Å². The number of ether oxygens (including phenoxy) is 1. The number of nitrogens with zero attached hydrogens (tertiary/aromatic N) is 5. The molecule has 0 aliphatic carbocycles. The molecule has 5 rings (SSSR count). The normalized spacial score (nSPS) is 12.2. The maximum Gasteiger partial charge on any atom is 0.252 e. The number of hydrogen-bond donors (Lipinski definition) is 1. The summed E-state index contributed by atoms with van der Waals surface area (Å²) in [6.07, 6.45) is 1.64. The number of H-pyrrole nitrogens is 1. The Kier molecular flexibility index (Phi) is 8.36. The Labute approximate surface area is 234 Å². The van der Waals surface area contributed by atoms with Crippen molar-refractivity contribution in [3.8, 4) is 5.75 Å². The van der Waals surface area contributed by atoms with E-state index in [0.717, 1.165) is 58.6 Å². The summed E-state index contributed by atoms with van der Waals surface area (Å²) in [5.74, 6) is 1.60. The number of tetrazole rings is 1. The Hall–Kier alpha value is -4.30. The zero-order chi connectivity index (χ0) is 28.1. The van der Waals surface area contributed by atoms with Crippen LogP contribution in [0.15, 0.2) is 77.6 Å². The molecule has 8 nitrogen and oxygen atoms in total. The van der Waals surface area contributed by atoms with Crippen LogP contribution < -0.4 is 10.3 Å². The third kappa shape index (κ3) is 6.13. The van der Waals surface area contributed by atoms with Crippen LogP contribution in [0.2, 0.25) is 0 Å². The molecule has 0 radical (unpaired) electrons. The monoisotopic (exact) mass is 536 g/mol. The molecule has 0 aliphatic heterocycles. The minimum atomic E-state index is -0.0775. The standard InChI is InChI=1S/C32H36N6O2/c1-5-29(31-34-35-36-38(31)20-25-11-13-28(40-4)14-12-25)37(16-15-24-9-7-6-8-10-24)21-27-19-26-18-22(2)17-23(3)30(26)33-32(27)39/h6-14,17-19,29H,5,15-16,20-21H2,1-4H3,(H,33,39). The zero-order valence-electron chi connectivity index (χ0n) is 23.6. The first kappa shape index (κ1) is 27.3. The SMILES string of the molecule is CCC(c1nnnn1Cc1ccc(OC)cc1)N(CCc1ccccc1)Cc1cc2cc(C)cc(C)c2[nH]c1=O. The molecule has 0 saturated heterocycles. The summed E-state index contributed by atoms with van der Waals surface area (Å²) in [6.45, 7) is 8.04. The maximum absolute atomic E-state index is 13.3. The maximum atomic E-state index is 13.3. The van der Waals surface area contributed by atoms with Crippen LogP contribution in [0.5, 0.6) is 5.75 Å². The average molecular weight is 537 g/mol. The fourth-order valence-electron chi connectivity index (χ4n) is 5.40. The van der Waals surface area contributed by atoms with E-state index in [9.17, 15) is 4.79 Å². The van der Waals surface area contributed by atoms with Crippen LogP contribution >= 0.6 is 0 Å². The van der Waals surface area contributed by atoms with Crippen LogP contribution in [0, 0.1) is 13.8 Å². The van der Waals surface area contributed by atoms with Gasteiger partial charge in [-0.1, -0.05) is 61.0 Å². The molecule has 8 heteroatoms. The Morgan fingerprint density at radius 1 is 1.00 bits per heavy atom. The van der Waals surface area contributed by atoms with Gasteiger partial charge in [-0.15, -0.1) is 5.10 Å². The van der Waals surface area contributed by atoms with E-state index in [1.165, 1.54) is 11.1 Å². The third-order valence-corrected chi connectivity index (χ3v) is 7.45. The van der Waals surface area contributed by atoms with Gasteiger partial charge in [0.05, 0.1) is 25.2 Å². The van der Waals surface area contributed by atoms with Crippen molar-refractivity contribution in [2.45, 2.75) is 52.7 Å². The Balaban J connectivity index is 1.48. The van der Waals surface area contributed by atoms with Gasteiger partial charge in [-0.3, -0.25) is 9.69 Å². The fourth-order valence-corrected chi connectivity index (χ4v) is 5.40. The molecule has 0 spiro atoms. The summed E-state index contributed by atoms with van der Waals surface area (Å²) < 4.78 is 7.17. The summed E-state index contributed by atoms with van der Waals surface area (Å²) in [5.41, 5.74) is 6.15. The zero-order valence-corrected chi connectivity index (χ0v) is 23.6. The van der Waals surface area contributed by atoms with Crippen LogP contribution in [0.1, 0.15) is 53.0 Å². The lowest BCUT2D eigenvalue weighted by atomic mass is 10.0. The first-order chi connectivity index (χ1) is 19.4. The fraction of sp³-hybridized carbons (Fsp3) is 0.312. The lowest BCUT2D eigenvalue weighted by Gasteiger charge is -2.30. The molecule has 5 aromatic rings. The van der Waals surface area contributed by atoms with Crippen molar-refractivity contribution in [3.63, 3.8) is 0 Å². The summed E-state index contributed by atoms with van der Waals surface area (Å²) >= 11 is 0. The Bertz CT molecular complexity index is 1630. The van der Waals surface area contributed by atoms with Crippen LogP contribution in [0.3, 0.4) is 0 Å². The van der Waals surface area contributed by atoms with Gasteiger partial charge in [0.25, 0.3) is 5.56 Å². The lowest BCUT2D eigenvalue weighted by Crippen LogP contribution is -2.34.